The molecule has 0 bridgehead atoms. The number of anilines is 1. The van der Waals surface area contributed by atoms with Crippen molar-refractivity contribution in [1.29, 1.82) is 0 Å². The average Bonchev–Trinajstić information content (AvgIpc) is 3.44. The van der Waals surface area contributed by atoms with Crippen molar-refractivity contribution in [2.24, 2.45) is 0 Å². The summed E-state index contributed by atoms with van der Waals surface area (Å²) in [6.45, 7) is 0.598. The van der Waals surface area contributed by atoms with Crippen molar-refractivity contribution in [3.05, 3.63) is 59.4 Å². The Morgan fingerprint density at radius 3 is 3.00 bits per heavy atom. The molecule has 0 unspecified atom stereocenters. The maximum Gasteiger partial charge on any atom is 0.319 e. The van der Waals surface area contributed by atoms with Crippen LogP contribution in [0.3, 0.4) is 0 Å². The van der Waals surface area contributed by atoms with Crippen LogP contribution in [0.1, 0.15) is 5.69 Å². The molecule has 0 atom stereocenters. The molecule has 3 heterocycles. The number of hydrogen-bond donors (Lipinski definition) is 2. The molecule has 10 heteroatoms. The second-order valence-corrected chi connectivity index (χ2v) is 7.40. The highest BCUT2D eigenvalue weighted by molar-refractivity contribution is 7.15. The van der Waals surface area contributed by atoms with Gasteiger partial charge in [0.15, 0.2) is 17.3 Å². The van der Waals surface area contributed by atoms with Crippen molar-refractivity contribution in [3.8, 4) is 22.9 Å². The van der Waals surface area contributed by atoms with Crippen LogP contribution in [0.5, 0.6) is 11.5 Å². The van der Waals surface area contributed by atoms with Crippen LogP contribution < -0.4 is 20.1 Å². The third-order valence-corrected chi connectivity index (χ3v) is 5.39. The Kier molecular flexibility index (Phi) is 4.68. The summed E-state index contributed by atoms with van der Waals surface area (Å²) in [5.74, 6) is 1.40. The molecule has 2 amide bonds. The van der Waals surface area contributed by atoms with Gasteiger partial charge in [0.25, 0.3) is 0 Å². The number of benzene rings is 2. The molecule has 2 aromatic heterocycles. The van der Waals surface area contributed by atoms with Crippen LogP contribution in [0.15, 0.2) is 47.8 Å². The van der Waals surface area contributed by atoms with Gasteiger partial charge in [0.1, 0.15) is 5.82 Å². The van der Waals surface area contributed by atoms with Crippen LogP contribution in [0.2, 0.25) is 0 Å². The van der Waals surface area contributed by atoms with E-state index in [-0.39, 0.29) is 18.6 Å². The number of nitrogens with one attached hydrogen (secondary N) is 2. The number of carbonyl (C=O) groups is 1. The first kappa shape index (κ1) is 18.4. The fraction of sp³-hybridized carbons (Fsp3) is 0.150. The molecule has 1 aliphatic heterocycles. The van der Waals surface area contributed by atoms with Crippen LogP contribution in [-0.2, 0) is 6.42 Å². The highest BCUT2D eigenvalue weighted by atomic mass is 32.1. The molecule has 1 aliphatic rings. The predicted octanol–water partition coefficient (Wildman–Crippen LogP) is 3.69. The predicted molar refractivity (Wildman–Crippen MR) is 110 cm³/mol. The molecule has 4 aromatic rings. The van der Waals surface area contributed by atoms with Gasteiger partial charge in [-0.15, -0.1) is 16.4 Å². The Balaban J connectivity index is 1.20. The highest BCUT2D eigenvalue weighted by Gasteiger charge is 2.15. The zero-order valence-corrected chi connectivity index (χ0v) is 16.4. The van der Waals surface area contributed by atoms with E-state index in [1.165, 1.54) is 23.5 Å². The maximum atomic E-state index is 13.5. The molecule has 0 aliphatic carbocycles. The third kappa shape index (κ3) is 3.64. The van der Waals surface area contributed by atoms with Gasteiger partial charge in [0, 0.05) is 35.7 Å². The summed E-state index contributed by atoms with van der Waals surface area (Å²) in [6, 6.07) is 11.1. The number of fused-ring (bicyclic) bond motifs is 2. The van der Waals surface area contributed by atoms with E-state index in [1.807, 2.05) is 5.38 Å². The molecule has 8 nitrogen and oxygen atoms in total. The van der Waals surface area contributed by atoms with E-state index >= 15 is 0 Å². The summed E-state index contributed by atoms with van der Waals surface area (Å²) in [4.78, 5) is 17.3. The van der Waals surface area contributed by atoms with E-state index < -0.39 is 0 Å². The van der Waals surface area contributed by atoms with E-state index in [9.17, 15) is 9.18 Å². The van der Waals surface area contributed by atoms with E-state index in [4.69, 9.17) is 9.47 Å². The van der Waals surface area contributed by atoms with E-state index in [0.29, 0.717) is 46.5 Å². The minimum atomic E-state index is -0.330. The Bertz CT molecular complexity index is 1240. The van der Waals surface area contributed by atoms with Crippen molar-refractivity contribution >= 4 is 28.0 Å². The molecule has 2 aromatic carbocycles. The van der Waals surface area contributed by atoms with Crippen molar-refractivity contribution < 1.29 is 18.7 Å². The number of halogens is 1. The number of thiazole rings is 1. The third-order valence-electron chi connectivity index (χ3n) is 4.53. The van der Waals surface area contributed by atoms with E-state index in [2.05, 4.69) is 20.7 Å². The van der Waals surface area contributed by atoms with Crippen molar-refractivity contribution in [3.63, 3.8) is 0 Å². The second-order valence-electron chi connectivity index (χ2n) is 6.57. The van der Waals surface area contributed by atoms with Crippen LogP contribution in [0.4, 0.5) is 14.9 Å². The molecular weight excluding hydrogens is 409 g/mol. The van der Waals surface area contributed by atoms with E-state index in [0.717, 1.165) is 5.69 Å². The van der Waals surface area contributed by atoms with Gasteiger partial charge in [0.2, 0.25) is 11.8 Å². The van der Waals surface area contributed by atoms with Crippen LogP contribution in [0.25, 0.3) is 16.3 Å². The molecule has 152 valence electrons. The normalized spacial score (nSPS) is 12.3. The lowest BCUT2D eigenvalue weighted by atomic mass is 10.2. The number of nitrogens with zero attached hydrogens (tertiary/aromatic N) is 3. The van der Waals surface area contributed by atoms with Gasteiger partial charge in [-0.1, -0.05) is 12.1 Å². The number of ether oxygens (including phenoxy) is 2. The van der Waals surface area contributed by atoms with E-state index in [1.54, 1.807) is 34.8 Å². The molecule has 0 saturated heterocycles. The van der Waals surface area contributed by atoms with Crippen molar-refractivity contribution in [2.45, 2.75) is 6.42 Å². The van der Waals surface area contributed by atoms with Crippen LogP contribution >= 0.6 is 11.3 Å². The maximum absolute atomic E-state index is 13.5. The smallest absolute Gasteiger partial charge is 0.319 e. The Labute approximate surface area is 174 Å². The lowest BCUT2D eigenvalue weighted by Crippen LogP contribution is -2.30. The fourth-order valence-corrected chi connectivity index (χ4v) is 3.96. The monoisotopic (exact) mass is 425 g/mol. The van der Waals surface area contributed by atoms with Crippen molar-refractivity contribution in [2.75, 3.05) is 18.7 Å². The lowest BCUT2D eigenvalue weighted by molar-refractivity contribution is 0.174. The number of amides is 2. The summed E-state index contributed by atoms with van der Waals surface area (Å²) >= 11 is 1.45. The van der Waals surface area contributed by atoms with Crippen LogP contribution in [0, 0.1) is 5.82 Å². The molecular formula is C20H16FN5O3S. The summed E-state index contributed by atoms with van der Waals surface area (Å²) in [5, 5.41) is 12.0. The van der Waals surface area contributed by atoms with Gasteiger partial charge >= 0.3 is 6.03 Å². The second kappa shape index (κ2) is 7.64. The summed E-state index contributed by atoms with van der Waals surface area (Å²) in [5.41, 5.74) is 2.15. The number of aromatic nitrogens is 3. The number of rotatable bonds is 5. The van der Waals surface area contributed by atoms with Gasteiger partial charge in [-0.3, -0.25) is 0 Å². The zero-order chi connectivity index (χ0) is 20.5. The fourth-order valence-electron chi connectivity index (χ4n) is 3.10. The number of urea groups is 1. The zero-order valence-electron chi connectivity index (χ0n) is 15.6. The molecule has 0 radical (unpaired) electrons. The quantitative estimate of drug-likeness (QED) is 0.509. The minimum Gasteiger partial charge on any atom is -0.454 e. The highest BCUT2D eigenvalue weighted by Crippen LogP contribution is 2.34. The minimum absolute atomic E-state index is 0.184. The van der Waals surface area contributed by atoms with Gasteiger partial charge < -0.3 is 20.1 Å². The van der Waals surface area contributed by atoms with Crippen molar-refractivity contribution in [1.82, 2.24) is 19.9 Å². The summed E-state index contributed by atoms with van der Waals surface area (Å²) < 4.78 is 25.7. The Morgan fingerprint density at radius 2 is 2.10 bits per heavy atom. The number of hydrogen-bond acceptors (Lipinski definition) is 6. The van der Waals surface area contributed by atoms with Gasteiger partial charge in [-0.05, 0) is 24.3 Å². The van der Waals surface area contributed by atoms with Gasteiger partial charge in [-0.25, -0.2) is 13.7 Å². The standard InChI is InChI=1S/C20H16FN5O3S/c21-13-3-1-2-12(8-13)18-24-20-26(25-18)15(10-30-20)6-7-22-19(27)23-14-4-5-16-17(9-14)29-11-28-16/h1-5,8-10H,6-7,11H2,(H2,22,23,27). The average molecular weight is 425 g/mol. The van der Waals surface area contributed by atoms with Gasteiger partial charge in [-0.2, -0.15) is 4.98 Å². The molecule has 2 N–H and O–H groups in total. The first-order chi connectivity index (χ1) is 14.7. The molecule has 0 saturated carbocycles. The van der Waals surface area contributed by atoms with Gasteiger partial charge in [0.05, 0.1) is 5.69 Å². The SMILES string of the molecule is O=C(NCCc1csc2nc(-c3cccc(F)c3)nn12)Nc1ccc2c(c1)OCO2. The summed E-state index contributed by atoms with van der Waals surface area (Å²) in [6.07, 6.45) is 0.570. The molecule has 0 spiro atoms. The molecule has 0 fully saturated rings. The first-order valence-corrected chi connectivity index (χ1v) is 10.1. The Morgan fingerprint density at radius 1 is 1.20 bits per heavy atom. The Hall–Kier alpha value is -3.66. The molecule has 30 heavy (non-hydrogen) atoms. The largest absolute Gasteiger partial charge is 0.454 e. The first-order valence-electron chi connectivity index (χ1n) is 9.19. The number of carbonyl (C=O) groups excluding carboxylic acids is 1. The summed E-state index contributed by atoms with van der Waals surface area (Å²) in [7, 11) is 0. The molecule has 5 rings (SSSR count). The topological polar surface area (TPSA) is 89.8 Å². The van der Waals surface area contributed by atoms with Crippen LogP contribution in [-0.4, -0.2) is 34.0 Å². The lowest BCUT2D eigenvalue weighted by Gasteiger charge is -2.08.